The molecule has 2 aromatic rings. The molecule has 0 spiro atoms. The quantitative estimate of drug-likeness (QED) is 0.663. The van der Waals surface area contributed by atoms with Gasteiger partial charge in [-0.15, -0.1) is 11.3 Å². The third-order valence-electron chi connectivity index (χ3n) is 2.93. The highest BCUT2D eigenvalue weighted by Crippen LogP contribution is 2.19. The lowest BCUT2D eigenvalue weighted by Crippen LogP contribution is -2.27. The van der Waals surface area contributed by atoms with Gasteiger partial charge in [-0.1, -0.05) is 22.0 Å². The van der Waals surface area contributed by atoms with Crippen molar-refractivity contribution in [2.75, 3.05) is 18.5 Å². The number of carbonyl (C=O) groups is 3. The van der Waals surface area contributed by atoms with Gasteiger partial charge in [0.25, 0.3) is 11.8 Å². The summed E-state index contributed by atoms with van der Waals surface area (Å²) in [6.45, 7) is -0.439. The standard InChI is InChI=1S/C16H14BrFN2O4S/c17-10-3-4-12(11(18)8-10)20-14(21)9-24-15(22)5-6-19-16(23)13-2-1-7-25-13/h1-4,7-8H,5-6,9H2,(H,19,23)(H,20,21). The lowest BCUT2D eigenvalue weighted by Gasteiger charge is -2.08. The average molecular weight is 429 g/mol. The zero-order chi connectivity index (χ0) is 18.2. The Morgan fingerprint density at radius 1 is 1.24 bits per heavy atom. The molecule has 0 radical (unpaired) electrons. The van der Waals surface area contributed by atoms with Gasteiger partial charge in [0, 0.05) is 11.0 Å². The Kier molecular flexibility index (Phi) is 7.08. The van der Waals surface area contributed by atoms with E-state index in [9.17, 15) is 18.8 Å². The van der Waals surface area contributed by atoms with Gasteiger partial charge < -0.3 is 15.4 Å². The van der Waals surface area contributed by atoms with Crippen LogP contribution >= 0.6 is 27.3 Å². The summed E-state index contributed by atoms with van der Waals surface area (Å²) in [5, 5.41) is 6.65. The molecular formula is C16H14BrFN2O4S. The minimum atomic E-state index is -0.655. The fraction of sp³-hybridized carbons (Fsp3) is 0.188. The fourth-order valence-electron chi connectivity index (χ4n) is 1.77. The van der Waals surface area contributed by atoms with Crippen LogP contribution in [-0.4, -0.2) is 30.9 Å². The molecule has 1 aromatic carbocycles. The summed E-state index contributed by atoms with van der Waals surface area (Å²) in [4.78, 5) is 35.4. The zero-order valence-electron chi connectivity index (χ0n) is 12.9. The van der Waals surface area contributed by atoms with Crippen LogP contribution in [0.2, 0.25) is 0 Å². The van der Waals surface area contributed by atoms with E-state index >= 15 is 0 Å². The first kappa shape index (κ1) is 19.1. The maximum absolute atomic E-state index is 13.6. The molecule has 0 aliphatic heterocycles. The van der Waals surface area contributed by atoms with Crippen LogP contribution < -0.4 is 10.6 Å². The number of esters is 1. The van der Waals surface area contributed by atoms with Gasteiger partial charge in [0.15, 0.2) is 6.61 Å². The van der Waals surface area contributed by atoms with E-state index in [-0.39, 0.29) is 24.6 Å². The van der Waals surface area contributed by atoms with Crippen molar-refractivity contribution in [1.29, 1.82) is 0 Å². The van der Waals surface area contributed by atoms with E-state index in [4.69, 9.17) is 4.74 Å². The lowest BCUT2D eigenvalue weighted by atomic mass is 10.3. The second-order valence-corrected chi connectivity index (χ2v) is 6.68. The number of rotatable bonds is 7. The Morgan fingerprint density at radius 2 is 2.04 bits per heavy atom. The number of hydrogen-bond acceptors (Lipinski definition) is 5. The van der Waals surface area contributed by atoms with Crippen molar-refractivity contribution < 1.29 is 23.5 Å². The summed E-state index contributed by atoms with van der Waals surface area (Å²) < 4.78 is 18.9. The zero-order valence-corrected chi connectivity index (χ0v) is 15.3. The summed E-state index contributed by atoms with van der Waals surface area (Å²) in [7, 11) is 0. The van der Waals surface area contributed by atoms with Crippen molar-refractivity contribution >= 4 is 50.7 Å². The van der Waals surface area contributed by atoms with Crippen molar-refractivity contribution in [2.45, 2.75) is 6.42 Å². The minimum absolute atomic E-state index is 0.00698. The normalized spacial score (nSPS) is 10.2. The fourth-order valence-corrected chi connectivity index (χ4v) is 2.74. The number of anilines is 1. The SMILES string of the molecule is O=C(COC(=O)CCNC(=O)c1cccs1)Nc1ccc(Br)cc1F. The Bertz CT molecular complexity index is 768. The van der Waals surface area contributed by atoms with Gasteiger partial charge in [-0.05, 0) is 29.6 Å². The molecule has 1 heterocycles. The van der Waals surface area contributed by atoms with Crippen molar-refractivity contribution in [1.82, 2.24) is 5.32 Å². The van der Waals surface area contributed by atoms with Crippen LogP contribution in [0, 0.1) is 5.82 Å². The van der Waals surface area contributed by atoms with Crippen LogP contribution in [-0.2, 0) is 14.3 Å². The van der Waals surface area contributed by atoms with Crippen LogP contribution in [0.5, 0.6) is 0 Å². The Balaban J connectivity index is 1.67. The molecule has 0 saturated carbocycles. The molecular weight excluding hydrogens is 415 g/mol. The van der Waals surface area contributed by atoms with Crippen molar-refractivity contribution in [3.05, 3.63) is 50.9 Å². The number of thiophene rings is 1. The van der Waals surface area contributed by atoms with Gasteiger partial charge >= 0.3 is 5.97 Å². The van der Waals surface area contributed by atoms with Crippen LogP contribution in [0.4, 0.5) is 10.1 Å². The van der Waals surface area contributed by atoms with Crippen LogP contribution in [0.15, 0.2) is 40.2 Å². The van der Waals surface area contributed by atoms with Gasteiger partial charge in [0.1, 0.15) is 5.82 Å². The molecule has 2 rings (SSSR count). The monoisotopic (exact) mass is 428 g/mol. The third kappa shape index (κ3) is 6.28. The van der Waals surface area contributed by atoms with Crippen molar-refractivity contribution in [2.24, 2.45) is 0 Å². The number of benzene rings is 1. The van der Waals surface area contributed by atoms with Crippen LogP contribution in [0.3, 0.4) is 0 Å². The van der Waals surface area contributed by atoms with E-state index < -0.39 is 24.3 Å². The Labute approximate surface area is 155 Å². The first-order valence-electron chi connectivity index (χ1n) is 7.18. The number of carbonyl (C=O) groups excluding carboxylic acids is 3. The molecule has 2 amide bonds. The molecule has 6 nitrogen and oxygen atoms in total. The summed E-state index contributed by atoms with van der Waals surface area (Å²) in [5.74, 6) is -2.17. The van der Waals surface area contributed by atoms with Gasteiger partial charge in [0.05, 0.1) is 17.0 Å². The highest BCUT2D eigenvalue weighted by atomic mass is 79.9. The second-order valence-electron chi connectivity index (χ2n) is 4.82. The summed E-state index contributed by atoms with van der Waals surface area (Å²) in [6.07, 6.45) is -0.0724. The minimum Gasteiger partial charge on any atom is -0.456 e. The number of amides is 2. The van der Waals surface area contributed by atoms with Gasteiger partial charge in [-0.2, -0.15) is 0 Å². The van der Waals surface area contributed by atoms with E-state index in [1.54, 1.807) is 23.6 Å². The molecule has 0 bridgehead atoms. The molecule has 1 aromatic heterocycles. The maximum atomic E-state index is 13.6. The summed E-state index contributed by atoms with van der Waals surface area (Å²) >= 11 is 4.40. The van der Waals surface area contributed by atoms with Crippen molar-refractivity contribution in [3.63, 3.8) is 0 Å². The second kappa shape index (κ2) is 9.28. The summed E-state index contributed by atoms with van der Waals surface area (Å²) in [5.41, 5.74) is -0.00698. The number of halogens is 2. The highest BCUT2D eigenvalue weighted by molar-refractivity contribution is 9.10. The van der Waals surface area contributed by atoms with Gasteiger partial charge in [0.2, 0.25) is 0 Å². The molecule has 2 N–H and O–H groups in total. The topological polar surface area (TPSA) is 84.5 Å². The van der Waals surface area contributed by atoms with E-state index in [2.05, 4.69) is 26.6 Å². The number of nitrogens with one attached hydrogen (secondary N) is 2. The molecule has 0 unspecified atom stereocenters. The smallest absolute Gasteiger partial charge is 0.308 e. The molecule has 0 fully saturated rings. The average Bonchev–Trinajstić information content (AvgIpc) is 3.10. The Morgan fingerprint density at radius 3 is 2.72 bits per heavy atom. The van der Waals surface area contributed by atoms with Crippen molar-refractivity contribution in [3.8, 4) is 0 Å². The van der Waals surface area contributed by atoms with E-state index in [0.717, 1.165) is 0 Å². The number of hydrogen-bond donors (Lipinski definition) is 2. The molecule has 0 saturated heterocycles. The first-order chi connectivity index (χ1) is 12.0. The predicted molar refractivity (Wildman–Crippen MR) is 95.0 cm³/mol. The Hall–Kier alpha value is -2.26. The van der Waals surface area contributed by atoms with E-state index in [1.165, 1.54) is 23.5 Å². The lowest BCUT2D eigenvalue weighted by molar-refractivity contribution is -0.147. The van der Waals surface area contributed by atoms with E-state index in [1.807, 2.05) is 0 Å². The molecule has 0 aliphatic carbocycles. The molecule has 9 heteroatoms. The van der Waals surface area contributed by atoms with E-state index in [0.29, 0.717) is 9.35 Å². The van der Waals surface area contributed by atoms with Gasteiger partial charge in [-0.25, -0.2) is 4.39 Å². The predicted octanol–water partition coefficient (Wildman–Crippen LogP) is 2.95. The first-order valence-corrected chi connectivity index (χ1v) is 8.85. The molecule has 132 valence electrons. The molecule has 0 atom stereocenters. The maximum Gasteiger partial charge on any atom is 0.308 e. The van der Waals surface area contributed by atoms with Crippen LogP contribution in [0.25, 0.3) is 0 Å². The van der Waals surface area contributed by atoms with Crippen LogP contribution in [0.1, 0.15) is 16.1 Å². The molecule has 0 aliphatic rings. The molecule has 25 heavy (non-hydrogen) atoms. The van der Waals surface area contributed by atoms with Gasteiger partial charge in [-0.3, -0.25) is 14.4 Å². The third-order valence-corrected chi connectivity index (χ3v) is 4.29. The number of ether oxygens (including phenoxy) is 1. The largest absolute Gasteiger partial charge is 0.456 e. The highest BCUT2D eigenvalue weighted by Gasteiger charge is 2.11. The summed E-state index contributed by atoms with van der Waals surface area (Å²) in [6, 6.07) is 7.59.